The van der Waals surface area contributed by atoms with E-state index in [1.54, 1.807) is 6.08 Å². The van der Waals surface area contributed by atoms with E-state index in [0.29, 0.717) is 0 Å². The minimum atomic E-state index is -0.126. The van der Waals surface area contributed by atoms with E-state index in [1.165, 1.54) is 27.8 Å². The molecule has 1 unspecified atom stereocenters. The average molecular weight is 299 g/mol. The van der Waals surface area contributed by atoms with Gasteiger partial charge in [0.2, 0.25) is 0 Å². The minimum absolute atomic E-state index is 0.126. The molecule has 3 aromatic carbocycles. The van der Waals surface area contributed by atoms with Crippen LogP contribution in [0.4, 0.5) is 0 Å². The molecule has 0 aliphatic heterocycles. The van der Waals surface area contributed by atoms with Crippen LogP contribution < -0.4 is 5.73 Å². The van der Waals surface area contributed by atoms with Gasteiger partial charge in [0.25, 0.3) is 0 Å². The molecule has 0 aromatic heterocycles. The van der Waals surface area contributed by atoms with Crippen LogP contribution in [-0.2, 0) is 0 Å². The molecule has 3 rings (SSSR count). The standard InChI is InChI=1S/C22H21N/c1-3-22(23)20-11-7-10-19(15-20)21-13-12-18(14-16(21)2)17-8-5-4-6-9-17/h3-15,22H,1,23H2,2H3. The van der Waals surface area contributed by atoms with E-state index in [2.05, 4.69) is 74.2 Å². The van der Waals surface area contributed by atoms with Gasteiger partial charge >= 0.3 is 0 Å². The first-order chi connectivity index (χ1) is 11.2. The minimum Gasteiger partial charge on any atom is -0.321 e. The number of rotatable bonds is 4. The Morgan fingerprint density at radius 3 is 2.26 bits per heavy atom. The highest BCUT2D eigenvalue weighted by molar-refractivity contribution is 5.73. The van der Waals surface area contributed by atoms with Crippen LogP contribution in [0.3, 0.4) is 0 Å². The fraction of sp³-hybridized carbons (Fsp3) is 0.0909. The quantitative estimate of drug-likeness (QED) is 0.631. The van der Waals surface area contributed by atoms with Gasteiger partial charge in [-0.15, -0.1) is 6.58 Å². The Balaban J connectivity index is 2.00. The Labute approximate surface area is 138 Å². The molecule has 1 atom stereocenters. The van der Waals surface area contributed by atoms with Gasteiger partial charge in [-0.1, -0.05) is 72.8 Å². The average Bonchev–Trinajstić information content (AvgIpc) is 2.61. The summed E-state index contributed by atoms with van der Waals surface area (Å²) in [4.78, 5) is 0. The summed E-state index contributed by atoms with van der Waals surface area (Å²) >= 11 is 0. The van der Waals surface area contributed by atoms with Gasteiger partial charge in [-0.3, -0.25) is 0 Å². The number of hydrogen-bond donors (Lipinski definition) is 1. The van der Waals surface area contributed by atoms with Gasteiger partial charge in [0.1, 0.15) is 0 Å². The number of nitrogens with two attached hydrogens (primary N) is 1. The fourth-order valence-electron chi connectivity index (χ4n) is 2.85. The molecule has 23 heavy (non-hydrogen) atoms. The number of benzene rings is 3. The highest BCUT2D eigenvalue weighted by Crippen LogP contribution is 2.29. The van der Waals surface area contributed by atoms with Crippen LogP contribution in [0.2, 0.25) is 0 Å². The molecular formula is C22H21N. The van der Waals surface area contributed by atoms with Gasteiger partial charge in [0, 0.05) is 6.04 Å². The molecule has 0 heterocycles. The number of hydrogen-bond acceptors (Lipinski definition) is 1. The Kier molecular flexibility index (Phi) is 4.40. The molecule has 0 saturated carbocycles. The lowest BCUT2D eigenvalue weighted by molar-refractivity contribution is 0.915. The third-order valence-electron chi connectivity index (χ3n) is 4.17. The molecule has 3 aromatic rings. The SMILES string of the molecule is C=CC(N)c1cccc(-c2ccc(-c3ccccc3)cc2C)c1. The van der Waals surface area contributed by atoms with Crippen molar-refractivity contribution in [3.8, 4) is 22.3 Å². The Hall–Kier alpha value is -2.64. The Morgan fingerprint density at radius 2 is 1.57 bits per heavy atom. The van der Waals surface area contributed by atoms with Crippen LogP contribution in [0, 0.1) is 6.92 Å². The van der Waals surface area contributed by atoms with Crippen LogP contribution in [0.5, 0.6) is 0 Å². The summed E-state index contributed by atoms with van der Waals surface area (Å²) in [5, 5.41) is 0. The topological polar surface area (TPSA) is 26.0 Å². The molecule has 0 spiro atoms. The third kappa shape index (κ3) is 3.25. The molecule has 2 N–H and O–H groups in total. The van der Waals surface area contributed by atoms with Crippen LogP contribution in [0.25, 0.3) is 22.3 Å². The van der Waals surface area contributed by atoms with Crippen molar-refractivity contribution in [1.29, 1.82) is 0 Å². The van der Waals surface area contributed by atoms with E-state index >= 15 is 0 Å². The second-order valence-corrected chi connectivity index (χ2v) is 5.78. The lowest BCUT2D eigenvalue weighted by atomic mass is 9.94. The molecular weight excluding hydrogens is 278 g/mol. The van der Waals surface area contributed by atoms with Crippen molar-refractivity contribution in [1.82, 2.24) is 0 Å². The Morgan fingerprint density at radius 1 is 0.826 bits per heavy atom. The van der Waals surface area contributed by atoms with Crippen molar-refractivity contribution in [2.75, 3.05) is 0 Å². The summed E-state index contributed by atoms with van der Waals surface area (Å²) < 4.78 is 0. The molecule has 0 radical (unpaired) electrons. The smallest absolute Gasteiger partial charge is 0.0478 e. The summed E-state index contributed by atoms with van der Waals surface area (Å²) in [7, 11) is 0. The molecule has 0 fully saturated rings. The van der Waals surface area contributed by atoms with Crippen LogP contribution in [-0.4, -0.2) is 0 Å². The van der Waals surface area contributed by atoms with E-state index in [9.17, 15) is 0 Å². The summed E-state index contributed by atoms with van der Waals surface area (Å²) in [6, 6.07) is 25.3. The largest absolute Gasteiger partial charge is 0.321 e. The molecule has 0 amide bonds. The van der Waals surface area contributed by atoms with Crippen molar-refractivity contribution in [2.24, 2.45) is 5.73 Å². The van der Waals surface area contributed by atoms with E-state index < -0.39 is 0 Å². The number of aryl methyl sites for hydroxylation is 1. The maximum Gasteiger partial charge on any atom is 0.0478 e. The first-order valence-electron chi connectivity index (χ1n) is 7.83. The van der Waals surface area contributed by atoms with Crippen molar-refractivity contribution in [3.05, 3.63) is 96.6 Å². The zero-order valence-electron chi connectivity index (χ0n) is 13.4. The monoisotopic (exact) mass is 299 g/mol. The predicted octanol–water partition coefficient (Wildman–Crippen LogP) is 5.51. The molecule has 0 aliphatic carbocycles. The normalized spacial score (nSPS) is 11.9. The van der Waals surface area contributed by atoms with E-state index in [0.717, 1.165) is 5.56 Å². The van der Waals surface area contributed by atoms with E-state index in [1.807, 2.05) is 12.1 Å². The van der Waals surface area contributed by atoms with Gasteiger partial charge in [-0.25, -0.2) is 0 Å². The van der Waals surface area contributed by atoms with Crippen molar-refractivity contribution >= 4 is 0 Å². The van der Waals surface area contributed by atoms with Gasteiger partial charge in [0.05, 0.1) is 0 Å². The molecule has 0 saturated heterocycles. The van der Waals surface area contributed by atoms with Crippen LogP contribution in [0.1, 0.15) is 17.2 Å². The molecule has 1 heteroatoms. The van der Waals surface area contributed by atoms with Gasteiger partial charge in [-0.2, -0.15) is 0 Å². The molecule has 114 valence electrons. The maximum atomic E-state index is 6.06. The predicted molar refractivity (Wildman–Crippen MR) is 99.2 cm³/mol. The first-order valence-corrected chi connectivity index (χ1v) is 7.83. The molecule has 0 aliphatic rings. The first kappa shape index (κ1) is 15.3. The highest BCUT2D eigenvalue weighted by Gasteiger charge is 2.07. The van der Waals surface area contributed by atoms with Crippen molar-refractivity contribution in [3.63, 3.8) is 0 Å². The van der Waals surface area contributed by atoms with E-state index in [4.69, 9.17) is 5.73 Å². The second kappa shape index (κ2) is 6.64. The van der Waals surface area contributed by atoms with Crippen LogP contribution in [0.15, 0.2) is 85.5 Å². The van der Waals surface area contributed by atoms with Gasteiger partial charge < -0.3 is 5.73 Å². The van der Waals surface area contributed by atoms with E-state index in [-0.39, 0.29) is 6.04 Å². The lowest BCUT2D eigenvalue weighted by Gasteiger charge is -2.12. The van der Waals surface area contributed by atoms with Gasteiger partial charge in [0.15, 0.2) is 0 Å². The Bertz CT molecular complexity index is 818. The van der Waals surface area contributed by atoms with Crippen molar-refractivity contribution < 1.29 is 0 Å². The fourth-order valence-corrected chi connectivity index (χ4v) is 2.85. The third-order valence-corrected chi connectivity index (χ3v) is 4.17. The summed E-state index contributed by atoms with van der Waals surface area (Å²) in [6.07, 6.45) is 1.77. The highest BCUT2D eigenvalue weighted by atomic mass is 14.6. The zero-order valence-corrected chi connectivity index (χ0v) is 13.4. The maximum absolute atomic E-state index is 6.06. The molecule has 0 bridgehead atoms. The molecule has 1 nitrogen and oxygen atoms in total. The van der Waals surface area contributed by atoms with Crippen LogP contribution >= 0.6 is 0 Å². The van der Waals surface area contributed by atoms with Crippen molar-refractivity contribution in [2.45, 2.75) is 13.0 Å². The lowest BCUT2D eigenvalue weighted by Crippen LogP contribution is -2.06. The summed E-state index contributed by atoms with van der Waals surface area (Å²) in [5.41, 5.74) is 13.3. The summed E-state index contributed by atoms with van der Waals surface area (Å²) in [5.74, 6) is 0. The second-order valence-electron chi connectivity index (χ2n) is 5.78. The summed E-state index contributed by atoms with van der Waals surface area (Å²) in [6.45, 7) is 5.93. The van der Waals surface area contributed by atoms with Gasteiger partial charge in [-0.05, 0) is 46.4 Å². The zero-order chi connectivity index (χ0) is 16.2.